The average Bonchev–Trinajstić information content (AvgIpc) is 2.53. The molecule has 3 N–H and O–H groups in total. The molecule has 0 saturated heterocycles. The van der Waals surface area contributed by atoms with Crippen LogP contribution in [0.2, 0.25) is 0 Å². The third-order valence-corrected chi connectivity index (χ3v) is 3.71. The van der Waals surface area contributed by atoms with E-state index in [0.717, 1.165) is 17.8 Å². The summed E-state index contributed by atoms with van der Waals surface area (Å²) in [4.78, 5) is 12.1. The number of benzene rings is 2. The number of aryl methyl sites for hydroxylation is 1. The van der Waals surface area contributed by atoms with Crippen LogP contribution >= 0.6 is 0 Å². The summed E-state index contributed by atoms with van der Waals surface area (Å²) >= 11 is 0. The standard InChI is InChI=1S/C18H22N2O2/c1-13-6-3-4-7-15(13)12-20-17-9-5-8-16(14(17)2)18(22)19-10-11-21/h3-9,20-21H,10-12H2,1-2H3,(H,19,22). The van der Waals surface area contributed by atoms with Gasteiger partial charge in [-0.05, 0) is 42.7 Å². The lowest BCUT2D eigenvalue weighted by Gasteiger charge is -2.14. The molecule has 2 aromatic rings. The second-order valence-corrected chi connectivity index (χ2v) is 5.24. The van der Waals surface area contributed by atoms with Gasteiger partial charge < -0.3 is 15.7 Å². The Morgan fingerprint density at radius 3 is 2.59 bits per heavy atom. The first-order valence-electron chi connectivity index (χ1n) is 7.40. The molecule has 4 nitrogen and oxygen atoms in total. The van der Waals surface area contributed by atoms with Crippen molar-refractivity contribution in [3.05, 3.63) is 64.7 Å². The molecule has 0 fully saturated rings. The van der Waals surface area contributed by atoms with Crippen molar-refractivity contribution >= 4 is 11.6 Å². The van der Waals surface area contributed by atoms with Gasteiger partial charge in [0.15, 0.2) is 0 Å². The van der Waals surface area contributed by atoms with Crippen LogP contribution in [-0.2, 0) is 6.54 Å². The monoisotopic (exact) mass is 298 g/mol. The maximum atomic E-state index is 12.1. The summed E-state index contributed by atoms with van der Waals surface area (Å²) in [5, 5.41) is 14.9. The summed E-state index contributed by atoms with van der Waals surface area (Å²) in [6.07, 6.45) is 0. The predicted octanol–water partition coefficient (Wildman–Crippen LogP) is 2.64. The minimum atomic E-state index is -0.161. The largest absolute Gasteiger partial charge is 0.395 e. The molecule has 0 aliphatic carbocycles. The molecule has 0 bridgehead atoms. The Morgan fingerprint density at radius 1 is 1.09 bits per heavy atom. The van der Waals surface area contributed by atoms with Crippen LogP contribution in [0.1, 0.15) is 27.0 Å². The SMILES string of the molecule is Cc1ccccc1CNc1cccc(C(=O)NCCO)c1C. The number of amides is 1. The van der Waals surface area contributed by atoms with Crippen LogP contribution in [0.15, 0.2) is 42.5 Å². The first-order chi connectivity index (χ1) is 10.6. The van der Waals surface area contributed by atoms with E-state index < -0.39 is 0 Å². The summed E-state index contributed by atoms with van der Waals surface area (Å²) in [5.41, 5.74) is 4.95. The molecule has 0 aliphatic rings. The molecule has 0 heterocycles. The number of aliphatic hydroxyl groups excluding tert-OH is 1. The summed E-state index contributed by atoms with van der Waals surface area (Å²) in [7, 11) is 0. The van der Waals surface area contributed by atoms with Crippen LogP contribution in [0.3, 0.4) is 0 Å². The number of anilines is 1. The lowest BCUT2D eigenvalue weighted by molar-refractivity contribution is 0.0944. The van der Waals surface area contributed by atoms with Crippen molar-refractivity contribution in [1.82, 2.24) is 5.32 Å². The number of nitrogens with one attached hydrogen (secondary N) is 2. The van der Waals surface area contributed by atoms with Crippen LogP contribution in [0.5, 0.6) is 0 Å². The first kappa shape index (κ1) is 16.0. The van der Waals surface area contributed by atoms with Crippen LogP contribution in [0.25, 0.3) is 0 Å². The van der Waals surface area contributed by atoms with Crippen molar-refractivity contribution in [3.63, 3.8) is 0 Å². The van der Waals surface area contributed by atoms with Crippen LogP contribution in [0.4, 0.5) is 5.69 Å². The van der Waals surface area contributed by atoms with Gasteiger partial charge in [0.2, 0.25) is 0 Å². The van der Waals surface area contributed by atoms with E-state index in [2.05, 4.69) is 29.7 Å². The highest BCUT2D eigenvalue weighted by Crippen LogP contribution is 2.20. The Labute approximate surface area is 131 Å². The molecule has 0 unspecified atom stereocenters. The lowest BCUT2D eigenvalue weighted by atomic mass is 10.0. The fraction of sp³-hybridized carbons (Fsp3) is 0.278. The van der Waals surface area contributed by atoms with Gasteiger partial charge in [0.1, 0.15) is 0 Å². The zero-order valence-electron chi connectivity index (χ0n) is 13.0. The summed E-state index contributed by atoms with van der Waals surface area (Å²) in [6.45, 7) is 4.93. The van der Waals surface area contributed by atoms with E-state index >= 15 is 0 Å². The Kier molecular flexibility index (Phi) is 5.55. The van der Waals surface area contributed by atoms with E-state index in [1.807, 2.05) is 31.2 Å². The van der Waals surface area contributed by atoms with Gasteiger partial charge in [-0.2, -0.15) is 0 Å². The average molecular weight is 298 g/mol. The van der Waals surface area contributed by atoms with E-state index in [9.17, 15) is 4.79 Å². The van der Waals surface area contributed by atoms with E-state index in [-0.39, 0.29) is 19.1 Å². The molecule has 0 atom stereocenters. The minimum Gasteiger partial charge on any atom is -0.395 e. The number of hydrogen-bond donors (Lipinski definition) is 3. The Balaban J connectivity index is 2.12. The van der Waals surface area contributed by atoms with Gasteiger partial charge >= 0.3 is 0 Å². The molecule has 116 valence electrons. The van der Waals surface area contributed by atoms with E-state index in [4.69, 9.17) is 5.11 Å². The molecule has 0 radical (unpaired) electrons. The molecule has 0 saturated carbocycles. The third kappa shape index (κ3) is 3.86. The Hall–Kier alpha value is -2.33. The van der Waals surface area contributed by atoms with Gasteiger partial charge in [0.05, 0.1) is 6.61 Å². The van der Waals surface area contributed by atoms with Crippen LogP contribution < -0.4 is 10.6 Å². The zero-order chi connectivity index (χ0) is 15.9. The van der Waals surface area contributed by atoms with Gasteiger partial charge in [-0.15, -0.1) is 0 Å². The van der Waals surface area contributed by atoms with E-state index in [1.54, 1.807) is 6.07 Å². The highest BCUT2D eigenvalue weighted by atomic mass is 16.3. The van der Waals surface area contributed by atoms with E-state index in [0.29, 0.717) is 5.56 Å². The van der Waals surface area contributed by atoms with Crippen molar-refractivity contribution in [2.75, 3.05) is 18.5 Å². The smallest absolute Gasteiger partial charge is 0.251 e. The zero-order valence-corrected chi connectivity index (χ0v) is 13.0. The molecule has 22 heavy (non-hydrogen) atoms. The van der Waals surface area contributed by atoms with Crippen molar-refractivity contribution in [3.8, 4) is 0 Å². The fourth-order valence-electron chi connectivity index (χ4n) is 2.34. The molecule has 0 aromatic heterocycles. The van der Waals surface area contributed by atoms with Crippen molar-refractivity contribution in [2.45, 2.75) is 20.4 Å². The lowest BCUT2D eigenvalue weighted by Crippen LogP contribution is -2.27. The maximum absolute atomic E-state index is 12.1. The number of carbonyl (C=O) groups excluding carboxylic acids is 1. The normalized spacial score (nSPS) is 10.3. The summed E-state index contributed by atoms with van der Waals surface area (Å²) < 4.78 is 0. The second kappa shape index (κ2) is 7.61. The maximum Gasteiger partial charge on any atom is 0.251 e. The number of carbonyl (C=O) groups is 1. The highest BCUT2D eigenvalue weighted by molar-refractivity contribution is 5.97. The molecule has 2 rings (SSSR count). The highest BCUT2D eigenvalue weighted by Gasteiger charge is 2.11. The number of rotatable bonds is 6. The van der Waals surface area contributed by atoms with E-state index in [1.165, 1.54) is 11.1 Å². The van der Waals surface area contributed by atoms with Crippen molar-refractivity contribution in [1.29, 1.82) is 0 Å². The molecule has 0 spiro atoms. The molecule has 4 heteroatoms. The third-order valence-electron chi connectivity index (χ3n) is 3.71. The number of hydrogen-bond acceptors (Lipinski definition) is 3. The van der Waals surface area contributed by atoms with Gasteiger partial charge in [0, 0.05) is 24.3 Å². The Bertz CT molecular complexity index is 653. The summed E-state index contributed by atoms with van der Waals surface area (Å²) in [5.74, 6) is -0.161. The predicted molar refractivity (Wildman–Crippen MR) is 89.1 cm³/mol. The summed E-state index contributed by atoms with van der Waals surface area (Å²) in [6, 6.07) is 13.8. The van der Waals surface area contributed by atoms with Gasteiger partial charge in [0.25, 0.3) is 5.91 Å². The van der Waals surface area contributed by atoms with Gasteiger partial charge in [-0.25, -0.2) is 0 Å². The van der Waals surface area contributed by atoms with Crippen LogP contribution in [-0.4, -0.2) is 24.2 Å². The molecule has 0 aliphatic heterocycles. The quantitative estimate of drug-likeness (QED) is 0.768. The number of aliphatic hydroxyl groups is 1. The molecular weight excluding hydrogens is 276 g/mol. The first-order valence-corrected chi connectivity index (χ1v) is 7.40. The second-order valence-electron chi connectivity index (χ2n) is 5.24. The molecule has 1 amide bonds. The Morgan fingerprint density at radius 2 is 1.86 bits per heavy atom. The van der Waals surface area contributed by atoms with Crippen molar-refractivity contribution < 1.29 is 9.90 Å². The fourth-order valence-corrected chi connectivity index (χ4v) is 2.34. The van der Waals surface area contributed by atoms with Crippen molar-refractivity contribution in [2.24, 2.45) is 0 Å². The topological polar surface area (TPSA) is 61.4 Å². The molecular formula is C18H22N2O2. The van der Waals surface area contributed by atoms with Gasteiger partial charge in [-0.3, -0.25) is 4.79 Å². The van der Waals surface area contributed by atoms with Crippen LogP contribution in [0, 0.1) is 13.8 Å². The molecule has 2 aromatic carbocycles. The van der Waals surface area contributed by atoms with Gasteiger partial charge in [-0.1, -0.05) is 30.3 Å². The minimum absolute atomic E-state index is 0.0595.